The Balaban J connectivity index is 2.24. The Morgan fingerprint density at radius 3 is 2.85 bits per heavy atom. The van der Waals surface area contributed by atoms with E-state index in [0.717, 1.165) is 11.3 Å². The van der Waals surface area contributed by atoms with Gasteiger partial charge in [-0.15, -0.1) is 6.58 Å². The Labute approximate surface area is 119 Å². The van der Waals surface area contributed by atoms with E-state index < -0.39 is 0 Å². The van der Waals surface area contributed by atoms with Crippen LogP contribution in [0.4, 0.5) is 5.69 Å². The lowest BCUT2D eigenvalue weighted by Gasteiger charge is -2.19. The van der Waals surface area contributed by atoms with Gasteiger partial charge in [0.1, 0.15) is 0 Å². The van der Waals surface area contributed by atoms with Gasteiger partial charge in [-0.3, -0.25) is 9.59 Å². The van der Waals surface area contributed by atoms with E-state index in [2.05, 4.69) is 11.9 Å². The first-order valence-electron chi connectivity index (χ1n) is 6.88. The second kappa shape index (κ2) is 5.90. The molecule has 1 aromatic rings. The van der Waals surface area contributed by atoms with Crippen LogP contribution in [0.3, 0.4) is 0 Å². The van der Waals surface area contributed by atoms with Crippen LogP contribution in [0.1, 0.15) is 29.3 Å². The predicted octanol–water partition coefficient (Wildman–Crippen LogP) is 2.28. The lowest BCUT2D eigenvalue weighted by Crippen LogP contribution is -2.26. The highest BCUT2D eigenvalue weighted by Gasteiger charge is 2.29. The average molecular weight is 272 g/mol. The van der Waals surface area contributed by atoms with E-state index in [4.69, 9.17) is 0 Å². The van der Waals surface area contributed by atoms with Crippen LogP contribution in [-0.2, 0) is 4.79 Å². The number of rotatable bonds is 4. The summed E-state index contributed by atoms with van der Waals surface area (Å²) in [5, 5.41) is 2.77. The van der Waals surface area contributed by atoms with Crippen molar-refractivity contribution in [2.24, 2.45) is 5.92 Å². The van der Waals surface area contributed by atoms with Crippen molar-refractivity contribution in [3.8, 4) is 0 Å². The Morgan fingerprint density at radius 2 is 2.30 bits per heavy atom. The molecule has 1 atom stereocenters. The fourth-order valence-corrected chi connectivity index (χ4v) is 2.49. The first-order chi connectivity index (χ1) is 9.56. The van der Waals surface area contributed by atoms with Crippen LogP contribution in [-0.4, -0.2) is 24.9 Å². The summed E-state index contributed by atoms with van der Waals surface area (Å²) >= 11 is 0. The molecule has 106 valence electrons. The molecule has 0 aromatic heterocycles. The van der Waals surface area contributed by atoms with Crippen LogP contribution < -0.4 is 10.2 Å². The van der Waals surface area contributed by atoms with E-state index in [1.54, 1.807) is 11.0 Å². The maximum atomic E-state index is 12.0. The number of nitrogens with zero attached hydrogens (tertiary/aromatic N) is 1. The van der Waals surface area contributed by atoms with Gasteiger partial charge in [-0.05, 0) is 37.6 Å². The van der Waals surface area contributed by atoms with Gasteiger partial charge in [0.2, 0.25) is 5.91 Å². The molecule has 1 aliphatic rings. The molecule has 2 amide bonds. The maximum absolute atomic E-state index is 12.0. The lowest BCUT2D eigenvalue weighted by atomic mass is 10.1. The number of nitrogens with one attached hydrogen (secondary N) is 1. The highest BCUT2D eigenvalue weighted by Crippen LogP contribution is 2.28. The second-order valence-electron chi connectivity index (χ2n) is 5.06. The van der Waals surface area contributed by atoms with E-state index >= 15 is 0 Å². The summed E-state index contributed by atoms with van der Waals surface area (Å²) in [6, 6.07) is 5.44. The molecule has 1 aliphatic heterocycles. The fraction of sp³-hybridized carbons (Fsp3) is 0.375. The number of amides is 2. The van der Waals surface area contributed by atoms with Gasteiger partial charge >= 0.3 is 0 Å². The summed E-state index contributed by atoms with van der Waals surface area (Å²) < 4.78 is 0. The van der Waals surface area contributed by atoms with Gasteiger partial charge in [0.25, 0.3) is 5.91 Å². The van der Waals surface area contributed by atoms with Gasteiger partial charge in [-0.1, -0.05) is 6.08 Å². The molecule has 1 N–H and O–H groups in total. The molecule has 4 nitrogen and oxygen atoms in total. The molecule has 1 heterocycles. The Kier molecular flexibility index (Phi) is 4.23. The zero-order valence-electron chi connectivity index (χ0n) is 12.0. The number of hydrogen-bond acceptors (Lipinski definition) is 2. The minimum Gasteiger partial charge on any atom is -0.352 e. The van der Waals surface area contributed by atoms with Crippen LogP contribution in [0.15, 0.2) is 30.9 Å². The number of carbonyl (C=O) groups is 2. The molecule has 2 rings (SSSR count). The van der Waals surface area contributed by atoms with Gasteiger partial charge in [0.15, 0.2) is 0 Å². The van der Waals surface area contributed by atoms with Crippen molar-refractivity contribution >= 4 is 17.5 Å². The number of carbonyl (C=O) groups excluding carboxylic acids is 2. The molecular formula is C16H20N2O2. The summed E-state index contributed by atoms with van der Waals surface area (Å²) in [6.45, 7) is 8.84. The van der Waals surface area contributed by atoms with Crippen LogP contribution >= 0.6 is 0 Å². The zero-order valence-corrected chi connectivity index (χ0v) is 12.0. The molecule has 0 radical (unpaired) electrons. The van der Waals surface area contributed by atoms with E-state index in [1.165, 1.54) is 0 Å². The molecule has 1 saturated heterocycles. The topological polar surface area (TPSA) is 49.4 Å². The van der Waals surface area contributed by atoms with Gasteiger partial charge in [0, 0.05) is 36.7 Å². The summed E-state index contributed by atoms with van der Waals surface area (Å²) in [5.74, 6) is 0.243. The molecule has 0 saturated carbocycles. The highest BCUT2D eigenvalue weighted by atomic mass is 16.2. The summed E-state index contributed by atoms with van der Waals surface area (Å²) in [4.78, 5) is 25.6. The van der Waals surface area contributed by atoms with E-state index in [0.29, 0.717) is 25.1 Å². The summed E-state index contributed by atoms with van der Waals surface area (Å²) in [6.07, 6.45) is 2.34. The quantitative estimate of drug-likeness (QED) is 0.855. The molecule has 0 aliphatic carbocycles. The lowest BCUT2D eigenvalue weighted by molar-refractivity contribution is -0.117. The van der Waals surface area contributed by atoms with Gasteiger partial charge in [-0.2, -0.15) is 0 Å². The monoisotopic (exact) mass is 272 g/mol. The van der Waals surface area contributed by atoms with Crippen molar-refractivity contribution < 1.29 is 9.59 Å². The second-order valence-corrected chi connectivity index (χ2v) is 5.06. The molecule has 1 fully saturated rings. The van der Waals surface area contributed by atoms with Crippen molar-refractivity contribution in [2.45, 2.75) is 20.3 Å². The zero-order chi connectivity index (χ0) is 14.7. The minimum absolute atomic E-state index is 0.0844. The SMILES string of the molecule is C=CC1CC(=O)N(c2ccc(C(=O)NCC)cc2C)C1. The van der Waals surface area contributed by atoms with Crippen molar-refractivity contribution in [3.05, 3.63) is 42.0 Å². The van der Waals surface area contributed by atoms with Gasteiger partial charge < -0.3 is 10.2 Å². The Morgan fingerprint density at radius 1 is 1.55 bits per heavy atom. The van der Waals surface area contributed by atoms with E-state index in [9.17, 15) is 9.59 Å². The van der Waals surface area contributed by atoms with Crippen molar-refractivity contribution in [2.75, 3.05) is 18.0 Å². The van der Waals surface area contributed by atoms with Crippen LogP contribution in [0.2, 0.25) is 0 Å². The fourth-order valence-electron chi connectivity index (χ4n) is 2.49. The third kappa shape index (κ3) is 2.74. The standard InChI is InChI=1S/C16H20N2O2/c1-4-12-9-15(19)18(10-12)14-7-6-13(8-11(14)3)16(20)17-5-2/h4,6-8,12H,1,5,9-10H2,2-3H3,(H,17,20). The average Bonchev–Trinajstić information content (AvgIpc) is 2.80. The van der Waals surface area contributed by atoms with Crippen molar-refractivity contribution in [3.63, 3.8) is 0 Å². The third-order valence-corrected chi connectivity index (χ3v) is 3.58. The molecule has 4 heteroatoms. The maximum Gasteiger partial charge on any atom is 0.251 e. The minimum atomic E-state index is -0.0844. The highest BCUT2D eigenvalue weighted by molar-refractivity contribution is 5.98. The van der Waals surface area contributed by atoms with E-state index in [1.807, 2.05) is 32.1 Å². The number of anilines is 1. The van der Waals surface area contributed by atoms with Crippen LogP contribution in [0.5, 0.6) is 0 Å². The Bertz CT molecular complexity index is 551. The molecular weight excluding hydrogens is 252 g/mol. The largest absolute Gasteiger partial charge is 0.352 e. The number of hydrogen-bond donors (Lipinski definition) is 1. The molecule has 20 heavy (non-hydrogen) atoms. The third-order valence-electron chi connectivity index (χ3n) is 3.58. The molecule has 0 spiro atoms. The first-order valence-corrected chi connectivity index (χ1v) is 6.88. The van der Waals surface area contributed by atoms with Crippen LogP contribution in [0.25, 0.3) is 0 Å². The van der Waals surface area contributed by atoms with Crippen LogP contribution in [0, 0.1) is 12.8 Å². The normalized spacial score (nSPS) is 18.2. The van der Waals surface area contributed by atoms with Crippen molar-refractivity contribution in [1.82, 2.24) is 5.32 Å². The van der Waals surface area contributed by atoms with Gasteiger partial charge in [-0.25, -0.2) is 0 Å². The summed E-state index contributed by atoms with van der Waals surface area (Å²) in [7, 11) is 0. The first kappa shape index (κ1) is 14.3. The Hall–Kier alpha value is -2.10. The van der Waals surface area contributed by atoms with Crippen molar-refractivity contribution in [1.29, 1.82) is 0 Å². The predicted molar refractivity (Wildman–Crippen MR) is 79.8 cm³/mol. The summed E-state index contributed by atoms with van der Waals surface area (Å²) in [5.41, 5.74) is 2.44. The molecule has 1 aromatic carbocycles. The number of benzene rings is 1. The van der Waals surface area contributed by atoms with Gasteiger partial charge in [0.05, 0.1) is 0 Å². The smallest absolute Gasteiger partial charge is 0.251 e. The molecule has 1 unspecified atom stereocenters. The number of aryl methyl sites for hydroxylation is 1. The van der Waals surface area contributed by atoms with E-state index in [-0.39, 0.29) is 17.7 Å². The molecule has 0 bridgehead atoms.